The van der Waals surface area contributed by atoms with Crippen molar-refractivity contribution < 1.29 is 37.7 Å². The van der Waals surface area contributed by atoms with Gasteiger partial charge >= 0.3 is 12.1 Å². The smallest absolute Gasteiger partial charge is 0.416 e. The van der Waals surface area contributed by atoms with Crippen molar-refractivity contribution in [1.82, 2.24) is 19.5 Å². The Bertz CT molecular complexity index is 1460. The molecule has 3 aromatic rings. The lowest BCUT2D eigenvalue weighted by Crippen LogP contribution is -2.37. The number of ketones is 1. The van der Waals surface area contributed by atoms with Crippen molar-refractivity contribution in [3.63, 3.8) is 0 Å². The van der Waals surface area contributed by atoms with E-state index in [1.807, 2.05) is 30.3 Å². The molecule has 1 amide bonds. The van der Waals surface area contributed by atoms with E-state index in [4.69, 9.17) is 30.5 Å². The molecular weight excluding hydrogens is 585 g/mol. The molecular formula is C29H35ClFN5O7. The quantitative estimate of drug-likeness (QED) is 0.176. The van der Waals surface area contributed by atoms with Crippen LogP contribution in [0.4, 0.5) is 15.0 Å². The zero-order valence-corrected chi connectivity index (χ0v) is 25.6. The summed E-state index contributed by atoms with van der Waals surface area (Å²) in [6.07, 6.45) is -4.36. The highest BCUT2D eigenvalue weighted by Crippen LogP contribution is 2.39. The van der Waals surface area contributed by atoms with Gasteiger partial charge in [0.25, 0.3) is 0 Å². The van der Waals surface area contributed by atoms with Gasteiger partial charge in [0.05, 0.1) is 32.2 Å². The number of anilines is 1. The van der Waals surface area contributed by atoms with Crippen molar-refractivity contribution in [2.75, 3.05) is 18.1 Å². The molecule has 3 heterocycles. The van der Waals surface area contributed by atoms with Gasteiger partial charge in [0.1, 0.15) is 5.60 Å². The molecule has 0 N–H and O–H groups in total. The SMILES string of the molecule is CCOC(=O)C(OC[C@H]1O[C@@H](n2cnc3c(N(Cc4ccccc4)C(=O)OC(C)(C)C)nc(Cl)nc32)[C@@H](F)[C@@H]1C)C(C)=O. The highest BCUT2D eigenvalue weighted by atomic mass is 35.5. The van der Waals surface area contributed by atoms with Gasteiger partial charge < -0.3 is 18.9 Å². The molecule has 2 aromatic heterocycles. The maximum atomic E-state index is 15.7. The molecule has 232 valence electrons. The lowest BCUT2D eigenvalue weighted by Gasteiger charge is -2.27. The minimum absolute atomic E-state index is 0.0759. The fraction of sp³-hybridized carbons (Fsp3) is 0.517. The summed E-state index contributed by atoms with van der Waals surface area (Å²) in [7, 11) is 0. The predicted molar refractivity (Wildman–Crippen MR) is 154 cm³/mol. The summed E-state index contributed by atoms with van der Waals surface area (Å²) in [4.78, 5) is 51.8. The maximum Gasteiger partial charge on any atom is 0.416 e. The minimum Gasteiger partial charge on any atom is -0.464 e. The van der Waals surface area contributed by atoms with Crippen LogP contribution in [0.5, 0.6) is 0 Å². The summed E-state index contributed by atoms with van der Waals surface area (Å²) in [6, 6.07) is 9.22. The summed E-state index contributed by atoms with van der Waals surface area (Å²) in [6.45, 7) is 9.61. The van der Waals surface area contributed by atoms with E-state index < -0.39 is 54.0 Å². The molecule has 0 bridgehead atoms. The van der Waals surface area contributed by atoms with E-state index in [-0.39, 0.29) is 42.0 Å². The van der Waals surface area contributed by atoms with Gasteiger partial charge in [-0.15, -0.1) is 0 Å². The third-order valence-corrected chi connectivity index (χ3v) is 6.84. The van der Waals surface area contributed by atoms with Crippen LogP contribution in [0, 0.1) is 5.92 Å². The molecule has 1 unspecified atom stereocenters. The Morgan fingerprint density at radius 1 is 1.19 bits per heavy atom. The monoisotopic (exact) mass is 619 g/mol. The number of benzene rings is 1. The number of imidazole rings is 1. The van der Waals surface area contributed by atoms with E-state index in [9.17, 15) is 14.4 Å². The van der Waals surface area contributed by atoms with Crippen LogP contribution in [0.2, 0.25) is 5.28 Å². The zero-order valence-electron chi connectivity index (χ0n) is 24.8. The van der Waals surface area contributed by atoms with Crippen molar-refractivity contribution in [1.29, 1.82) is 0 Å². The van der Waals surface area contributed by atoms with E-state index in [1.165, 1.54) is 22.7 Å². The number of aromatic nitrogens is 4. The van der Waals surface area contributed by atoms with Crippen LogP contribution in [-0.2, 0) is 35.1 Å². The van der Waals surface area contributed by atoms with Gasteiger partial charge in [-0.05, 0) is 51.8 Å². The number of Topliss-reactive ketones (excluding diaryl/α,β-unsaturated/α-hetero) is 1. The average Bonchev–Trinajstić information content (AvgIpc) is 3.47. The van der Waals surface area contributed by atoms with Crippen LogP contribution in [-0.4, -0.2) is 74.6 Å². The standard InChI is InChI=1S/C29H35ClFN5O7/c1-7-40-26(38)22(17(3)37)41-14-19-16(2)20(31)25(42-19)36-15-32-21-23(33-27(30)34-24(21)36)35(28(39)43-29(4,5)6)13-18-11-9-8-10-12-18/h8-12,15-16,19-20,22,25H,7,13-14H2,1-6H3/t16-,19-,20+,22?,25-/m1/s1. The first-order chi connectivity index (χ1) is 20.3. The number of ether oxygens (including phenoxy) is 4. The first-order valence-electron chi connectivity index (χ1n) is 13.8. The molecule has 1 saturated heterocycles. The number of nitrogens with zero attached hydrogens (tertiary/aromatic N) is 5. The van der Waals surface area contributed by atoms with Crippen molar-refractivity contribution in [3.8, 4) is 0 Å². The normalized spacial score (nSPS) is 21.0. The second-order valence-corrected chi connectivity index (χ2v) is 11.5. The van der Waals surface area contributed by atoms with Crippen LogP contribution in [0.1, 0.15) is 53.3 Å². The fourth-order valence-electron chi connectivity index (χ4n) is 4.57. The van der Waals surface area contributed by atoms with Crippen molar-refractivity contribution in [3.05, 3.63) is 47.5 Å². The van der Waals surface area contributed by atoms with Crippen molar-refractivity contribution in [2.45, 2.75) is 78.3 Å². The average molecular weight is 620 g/mol. The summed E-state index contributed by atoms with van der Waals surface area (Å²) in [5.41, 5.74) is 0.295. The Balaban J connectivity index is 1.65. The van der Waals surface area contributed by atoms with Gasteiger partial charge in [0, 0.05) is 5.92 Å². The van der Waals surface area contributed by atoms with Gasteiger partial charge in [-0.1, -0.05) is 37.3 Å². The molecule has 0 aliphatic carbocycles. The van der Waals surface area contributed by atoms with Crippen molar-refractivity contribution in [2.24, 2.45) is 5.92 Å². The molecule has 1 aliphatic rings. The van der Waals surface area contributed by atoms with Crippen LogP contribution >= 0.6 is 11.6 Å². The largest absolute Gasteiger partial charge is 0.464 e. The molecule has 1 aliphatic heterocycles. The zero-order chi connectivity index (χ0) is 31.5. The summed E-state index contributed by atoms with van der Waals surface area (Å²) >= 11 is 6.34. The second kappa shape index (κ2) is 13.3. The molecule has 12 nitrogen and oxygen atoms in total. The Labute approximate surface area is 253 Å². The highest BCUT2D eigenvalue weighted by molar-refractivity contribution is 6.28. The summed E-state index contributed by atoms with van der Waals surface area (Å²) < 4.78 is 39.2. The molecule has 4 rings (SSSR count). The number of carbonyl (C=O) groups is 3. The maximum absolute atomic E-state index is 15.7. The summed E-state index contributed by atoms with van der Waals surface area (Å²) in [5.74, 6) is -1.97. The van der Waals surface area contributed by atoms with E-state index in [0.29, 0.717) is 0 Å². The Morgan fingerprint density at radius 2 is 1.88 bits per heavy atom. The van der Waals surface area contributed by atoms with Crippen LogP contribution in [0.15, 0.2) is 36.7 Å². The lowest BCUT2D eigenvalue weighted by atomic mass is 10.0. The molecule has 43 heavy (non-hydrogen) atoms. The highest BCUT2D eigenvalue weighted by Gasteiger charge is 2.45. The lowest BCUT2D eigenvalue weighted by molar-refractivity contribution is -0.164. The van der Waals surface area contributed by atoms with Gasteiger partial charge in [0.2, 0.25) is 11.4 Å². The van der Waals surface area contributed by atoms with Crippen LogP contribution < -0.4 is 4.90 Å². The van der Waals surface area contributed by atoms with E-state index >= 15 is 4.39 Å². The number of esters is 1. The van der Waals surface area contributed by atoms with Crippen molar-refractivity contribution >= 4 is 46.4 Å². The number of amides is 1. The molecule has 0 saturated carbocycles. The number of rotatable bonds is 10. The van der Waals surface area contributed by atoms with Gasteiger partial charge in [-0.3, -0.25) is 14.3 Å². The Hall–Kier alpha value is -3.68. The molecule has 0 spiro atoms. The molecule has 14 heteroatoms. The van der Waals surface area contributed by atoms with E-state index in [1.54, 1.807) is 34.6 Å². The number of halogens is 2. The number of fused-ring (bicyclic) bond motifs is 1. The van der Waals surface area contributed by atoms with Gasteiger partial charge in [0.15, 0.2) is 35.2 Å². The summed E-state index contributed by atoms with van der Waals surface area (Å²) in [5, 5.41) is -0.203. The molecule has 1 aromatic carbocycles. The molecule has 1 fully saturated rings. The second-order valence-electron chi connectivity index (χ2n) is 11.1. The number of alkyl halides is 1. The van der Waals surface area contributed by atoms with Crippen LogP contribution in [0.25, 0.3) is 11.2 Å². The first-order valence-corrected chi connectivity index (χ1v) is 14.2. The van der Waals surface area contributed by atoms with Gasteiger partial charge in [-0.25, -0.2) is 19.0 Å². The fourth-order valence-corrected chi connectivity index (χ4v) is 4.73. The minimum atomic E-state index is -1.55. The van der Waals surface area contributed by atoms with E-state index in [0.717, 1.165) is 5.56 Å². The third kappa shape index (κ3) is 7.46. The van der Waals surface area contributed by atoms with Gasteiger partial charge in [-0.2, -0.15) is 9.97 Å². The Kier molecular flexibility index (Phi) is 9.98. The predicted octanol–water partition coefficient (Wildman–Crippen LogP) is 4.83. The molecule has 0 radical (unpaired) electrons. The molecule has 5 atom stereocenters. The topological polar surface area (TPSA) is 135 Å². The Morgan fingerprint density at radius 3 is 2.51 bits per heavy atom. The van der Waals surface area contributed by atoms with Crippen LogP contribution in [0.3, 0.4) is 0 Å². The number of hydrogen-bond acceptors (Lipinski definition) is 10. The van der Waals surface area contributed by atoms with E-state index in [2.05, 4.69) is 15.0 Å². The first kappa shape index (κ1) is 32.2. The number of hydrogen-bond donors (Lipinski definition) is 0. The number of carbonyl (C=O) groups excluding carboxylic acids is 3. The third-order valence-electron chi connectivity index (χ3n) is 6.68.